The van der Waals surface area contributed by atoms with Gasteiger partial charge in [-0.15, -0.1) is 0 Å². The number of nitrogens with zero attached hydrogens (tertiary/aromatic N) is 2. The molecule has 0 spiro atoms. The Morgan fingerprint density at radius 3 is 2.60 bits per heavy atom. The Kier molecular flexibility index (Phi) is 4.57. The van der Waals surface area contributed by atoms with Crippen molar-refractivity contribution in [1.29, 1.82) is 0 Å². The highest BCUT2D eigenvalue weighted by molar-refractivity contribution is 5.94. The van der Waals surface area contributed by atoms with Crippen LogP contribution in [0.15, 0.2) is 54.7 Å². The molecule has 128 valence electrons. The summed E-state index contributed by atoms with van der Waals surface area (Å²) >= 11 is 0. The molecule has 0 aliphatic rings. The molecule has 25 heavy (non-hydrogen) atoms. The minimum atomic E-state index is -0.376. The lowest BCUT2D eigenvalue weighted by Gasteiger charge is -2.13. The number of hydrogen-bond donors (Lipinski definition) is 0. The smallest absolute Gasteiger partial charge is 0.331 e. The summed E-state index contributed by atoms with van der Waals surface area (Å²) in [5.41, 5.74) is 2.28. The number of aryl methyl sites for hydroxylation is 1. The third kappa shape index (κ3) is 3.55. The predicted octanol–water partition coefficient (Wildman–Crippen LogP) is 3.26. The number of amides is 1. The molecule has 1 amide bonds. The fraction of sp³-hybridized carbons (Fsp3) is 0.200. The van der Waals surface area contributed by atoms with Gasteiger partial charge in [0.1, 0.15) is 12.3 Å². The van der Waals surface area contributed by atoms with Crippen LogP contribution in [0.25, 0.3) is 10.9 Å². The number of fused-ring (bicyclic) bond motifs is 1. The molecule has 5 nitrogen and oxygen atoms in total. The van der Waals surface area contributed by atoms with Gasteiger partial charge in [0, 0.05) is 31.4 Å². The third-order valence-electron chi connectivity index (χ3n) is 4.04. The first-order chi connectivity index (χ1) is 12.0. The van der Waals surface area contributed by atoms with Crippen LogP contribution in [0, 0.1) is 6.92 Å². The molecule has 0 aliphatic carbocycles. The standard InChI is InChI=1S/C20H20N2O3/c1-14-8-9-16(20(24)21(2)3)12-18(14)25-19(23)13-22-11-10-15-6-4-5-7-17(15)22/h4-12H,13H2,1-3H3. The third-order valence-corrected chi connectivity index (χ3v) is 4.04. The minimum Gasteiger partial charge on any atom is -0.425 e. The zero-order valence-electron chi connectivity index (χ0n) is 14.5. The monoisotopic (exact) mass is 336 g/mol. The lowest BCUT2D eigenvalue weighted by Crippen LogP contribution is -2.22. The number of ether oxygens (including phenoxy) is 1. The zero-order valence-corrected chi connectivity index (χ0v) is 14.5. The van der Waals surface area contributed by atoms with Crippen LogP contribution < -0.4 is 4.74 Å². The van der Waals surface area contributed by atoms with Crippen molar-refractivity contribution in [2.75, 3.05) is 14.1 Å². The van der Waals surface area contributed by atoms with Crippen molar-refractivity contribution >= 4 is 22.8 Å². The predicted molar refractivity (Wildman–Crippen MR) is 96.8 cm³/mol. The van der Waals surface area contributed by atoms with Gasteiger partial charge in [-0.05, 0) is 42.1 Å². The summed E-state index contributed by atoms with van der Waals surface area (Å²) in [5.74, 6) is -0.0956. The number of carbonyl (C=O) groups is 2. The first-order valence-corrected chi connectivity index (χ1v) is 8.02. The highest BCUT2D eigenvalue weighted by atomic mass is 16.5. The summed E-state index contributed by atoms with van der Waals surface area (Å²) in [5, 5.41) is 1.07. The van der Waals surface area contributed by atoms with E-state index in [4.69, 9.17) is 4.74 Å². The van der Waals surface area contributed by atoms with Crippen LogP contribution in [-0.4, -0.2) is 35.4 Å². The molecule has 2 aromatic carbocycles. The molecule has 0 aliphatic heterocycles. The fourth-order valence-electron chi connectivity index (χ4n) is 2.67. The summed E-state index contributed by atoms with van der Waals surface area (Å²) in [6, 6.07) is 14.9. The molecular weight excluding hydrogens is 316 g/mol. The Morgan fingerprint density at radius 2 is 1.84 bits per heavy atom. The van der Waals surface area contributed by atoms with E-state index in [0.717, 1.165) is 16.5 Å². The van der Waals surface area contributed by atoms with Gasteiger partial charge < -0.3 is 14.2 Å². The van der Waals surface area contributed by atoms with E-state index in [1.807, 2.05) is 48.0 Å². The molecule has 3 aromatic rings. The lowest BCUT2D eigenvalue weighted by molar-refractivity contribution is -0.135. The van der Waals surface area contributed by atoms with Crippen molar-refractivity contribution in [3.8, 4) is 5.75 Å². The van der Waals surface area contributed by atoms with Gasteiger partial charge in [0.15, 0.2) is 0 Å². The molecule has 0 N–H and O–H groups in total. The lowest BCUT2D eigenvalue weighted by atomic mass is 10.1. The van der Waals surface area contributed by atoms with Crippen molar-refractivity contribution in [3.05, 3.63) is 65.9 Å². The van der Waals surface area contributed by atoms with E-state index in [0.29, 0.717) is 11.3 Å². The maximum atomic E-state index is 12.4. The molecule has 0 radical (unpaired) electrons. The highest BCUT2D eigenvalue weighted by Gasteiger charge is 2.14. The normalized spacial score (nSPS) is 10.7. The molecule has 0 atom stereocenters. The first-order valence-electron chi connectivity index (χ1n) is 8.02. The summed E-state index contributed by atoms with van der Waals surface area (Å²) in [6.07, 6.45) is 1.87. The van der Waals surface area contributed by atoms with E-state index in [1.54, 1.807) is 32.3 Å². The van der Waals surface area contributed by atoms with E-state index in [1.165, 1.54) is 4.90 Å². The molecule has 0 saturated carbocycles. The van der Waals surface area contributed by atoms with Crippen molar-refractivity contribution in [2.45, 2.75) is 13.5 Å². The van der Waals surface area contributed by atoms with E-state index in [2.05, 4.69) is 0 Å². The van der Waals surface area contributed by atoms with Gasteiger partial charge in [0.25, 0.3) is 5.91 Å². The molecule has 1 heterocycles. The van der Waals surface area contributed by atoms with Crippen molar-refractivity contribution in [1.82, 2.24) is 9.47 Å². The molecule has 0 fully saturated rings. The number of esters is 1. The zero-order chi connectivity index (χ0) is 18.0. The Labute approximate surface area is 146 Å². The van der Waals surface area contributed by atoms with Crippen molar-refractivity contribution in [3.63, 3.8) is 0 Å². The Balaban J connectivity index is 1.79. The van der Waals surface area contributed by atoms with E-state index in [-0.39, 0.29) is 18.4 Å². The number of para-hydroxylation sites is 1. The van der Waals surface area contributed by atoms with Gasteiger partial charge >= 0.3 is 5.97 Å². The maximum absolute atomic E-state index is 12.4. The maximum Gasteiger partial charge on any atom is 0.331 e. The van der Waals surface area contributed by atoms with Crippen molar-refractivity contribution < 1.29 is 14.3 Å². The summed E-state index contributed by atoms with van der Waals surface area (Å²) < 4.78 is 7.36. The summed E-state index contributed by atoms with van der Waals surface area (Å²) in [4.78, 5) is 25.9. The van der Waals surface area contributed by atoms with Crippen LogP contribution in [-0.2, 0) is 11.3 Å². The number of aromatic nitrogens is 1. The topological polar surface area (TPSA) is 51.5 Å². The van der Waals surface area contributed by atoms with Gasteiger partial charge in [0.2, 0.25) is 0 Å². The number of benzene rings is 2. The van der Waals surface area contributed by atoms with Crippen molar-refractivity contribution in [2.24, 2.45) is 0 Å². The van der Waals surface area contributed by atoms with Crippen LogP contribution in [0.3, 0.4) is 0 Å². The van der Waals surface area contributed by atoms with E-state index >= 15 is 0 Å². The molecule has 0 bridgehead atoms. The van der Waals surface area contributed by atoms with Crippen LogP contribution in [0.5, 0.6) is 5.75 Å². The SMILES string of the molecule is Cc1ccc(C(=O)N(C)C)cc1OC(=O)Cn1ccc2ccccc21. The average Bonchev–Trinajstić information content (AvgIpc) is 2.99. The van der Waals surface area contributed by atoms with Gasteiger partial charge in [-0.3, -0.25) is 4.79 Å². The number of carbonyl (C=O) groups excluding carboxylic acids is 2. The highest BCUT2D eigenvalue weighted by Crippen LogP contribution is 2.21. The number of rotatable bonds is 4. The van der Waals surface area contributed by atoms with Crippen LogP contribution in [0.4, 0.5) is 0 Å². The number of hydrogen-bond acceptors (Lipinski definition) is 3. The molecule has 3 rings (SSSR count). The Hall–Kier alpha value is -3.08. The molecule has 0 saturated heterocycles. The second kappa shape index (κ2) is 6.81. The molecule has 5 heteroatoms. The van der Waals surface area contributed by atoms with E-state index < -0.39 is 0 Å². The largest absolute Gasteiger partial charge is 0.425 e. The van der Waals surface area contributed by atoms with Gasteiger partial charge in [0.05, 0.1) is 0 Å². The average molecular weight is 336 g/mol. The minimum absolute atomic E-state index is 0.110. The molecular formula is C20H20N2O3. The van der Waals surface area contributed by atoms with Crippen LogP contribution >= 0.6 is 0 Å². The van der Waals surface area contributed by atoms with Gasteiger partial charge in [-0.2, -0.15) is 0 Å². The second-order valence-corrected chi connectivity index (χ2v) is 6.16. The summed E-state index contributed by atoms with van der Waals surface area (Å²) in [6.45, 7) is 1.95. The van der Waals surface area contributed by atoms with Crippen LogP contribution in [0.2, 0.25) is 0 Å². The second-order valence-electron chi connectivity index (χ2n) is 6.16. The Bertz CT molecular complexity index is 941. The van der Waals surface area contributed by atoms with Gasteiger partial charge in [-0.25, -0.2) is 4.79 Å². The molecule has 0 unspecified atom stereocenters. The molecule has 1 aromatic heterocycles. The van der Waals surface area contributed by atoms with E-state index in [9.17, 15) is 9.59 Å². The Morgan fingerprint density at radius 1 is 1.08 bits per heavy atom. The summed E-state index contributed by atoms with van der Waals surface area (Å²) in [7, 11) is 3.37. The van der Waals surface area contributed by atoms with Gasteiger partial charge in [-0.1, -0.05) is 24.3 Å². The first kappa shape index (κ1) is 16.8. The van der Waals surface area contributed by atoms with Crippen LogP contribution in [0.1, 0.15) is 15.9 Å². The quantitative estimate of drug-likeness (QED) is 0.543. The fourth-order valence-corrected chi connectivity index (χ4v) is 2.67.